The topological polar surface area (TPSA) is 59.7 Å². The maximum Gasteiger partial charge on any atom is 0.255 e. The minimum atomic E-state index is 0.0387. The summed E-state index contributed by atoms with van der Waals surface area (Å²) in [5, 5.41) is 7.84. The van der Waals surface area contributed by atoms with Gasteiger partial charge in [-0.1, -0.05) is 13.8 Å². The Kier molecular flexibility index (Phi) is 4.58. The number of hydrogen-bond acceptors (Lipinski definition) is 4. The lowest BCUT2D eigenvalue weighted by molar-refractivity contribution is -0.159. The second kappa shape index (κ2) is 6.51. The zero-order valence-electron chi connectivity index (χ0n) is 14.9. The highest BCUT2D eigenvalue weighted by Gasteiger charge is 2.55. The second-order valence-corrected chi connectivity index (χ2v) is 6.57. The van der Waals surface area contributed by atoms with Crippen LogP contribution in [0.25, 0.3) is 5.65 Å². The predicted molar refractivity (Wildman–Crippen MR) is 91.9 cm³/mol. The summed E-state index contributed by atoms with van der Waals surface area (Å²) in [6, 6.07) is 3.86. The number of fused-ring (bicyclic) bond motifs is 1. The lowest BCUT2D eigenvalue weighted by Crippen LogP contribution is -2.64. The lowest BCUT2D eigenvalue weighted by atomic mass is 9.58. The SMILES string of the molecule is CCO[C@H]1C[C@@H](N(C)C(=O)c2ccc3nncn3c2)C1(CC)CC. The molecule has 2 heterocycles. The van der Waals surface area contributed by atoms with Crippen molar-refractivity contribution in [2.24, 2.45) is 5.41 Å². The Morgan fingerprint density at radius 2 is 2.12 bits per heavy atom. The van der Waals surface area contributed by atoms with Gasteiger partial charge in [0.2, 0.25) is 0 Å². The Labute approximate surface area is 142 Å². The summed E-state index contributed by atoms with van der Waals surface area (Å²) < 4.78 is 7.71. The number of aromatic nitrogens is 3. The van der Waals surface area contributed by atoms with E-state index in [1.165, 1.54) is 0 Å². The van der Waals surface area contributed by atoms with E-state index in [1.807, 2.05) is 31.0 Å². The fourth-order valence-corrected chi connectivity index (χ4v) is 4.18. The van der Waals surface area contributed by atoms with E-state index in [-0.39, 0.29) is 23.5 Å². The first kappa shape index (κ1) is 16.9. The van der Waals surface area contributed by atoms with Gasteiger partial charge in [0.25, 0.3) is 5.91 Å². The molecule has 0 spiro atoms. The van der Waals surface area contributed by atoms with Gasteiger partial charge in [-0.2, -0.15) is 0 Å². The average molecular weight is 330 g/mol. The van der Waals surface area contributed by atoms with Crippen LogP contribution in [0.5, 0.6) is 0 Å². The van der Waals surface area contributed by atoms with Gasteiger partial charge in [0, 0.05) is 31.3 Å². The molecule has 2 atom stereocenters. The van der Waals surface area contributed by atoms with E-state index in [0.717, 1.165) is 31.5 Å². The summed E-state index contributed by atoms with van der Waals surface area (Å²) >= 11 is 0. The maximum atomic E-state index is 13.0. The van der Waals surface area contributed by atoms with Crippen LogP contribution < -0.4 is 0 Å². The van der Waals surface area contributed by atoms with Crippen molar-refractivity contribution < 1.29 is 9.53 Å². The van der Waals surface area contributed by atoms with Crippen molar-refractivity contribution in [3.8, 4) is 0 Å². The van der Waals surface area contributed by atoms with Crippen LogP contribution in [0, 0.1) is 5.41 Å². The molecule has 1 aliphatic carbocycles. The normalized spacial score (nSPS) is 22.3. The third kappa shape index (κ3) is 2.49. The number of hydrogen-bond donors (Lipinski definition) is 0. The summed E-state index contributed by atoms with van der Waals surface area (Å²) in [5.41, 5.74) is 1.46. The Balaban J connectivity index is 1.82. The number of amides is 1. The number of nitrogens with zero attached hydrogens (tertiary/aromatic N) is 4. The molecule has 24 heavy (non-hydrogen) atoms. The molecule has 1 aliphatic rings. The van der Waals surface area contributed by atoms with E-state index in [1.54, 1.807) is 16.9 Å². The van der Waals surface area contributed by atoms with Crippen molar-refractivity contribution in [3.63, 3.8) is 0 Å². The third-order valence-electron chi connectivity index (χ3n) is 5.75. The first-order valence-electron chi connectivity index (χ1n) is 8.75. The minimum Gasteiger partial charge on any atom is -0.378 e. The van der Waals surface area contributed by atoms with Crippen LogP contribution in [0.3, 0.4) is 0 Å². The number of carbonyl (C=O) groups is 1. The lowest BCUT2D eigenvalue weighted by Gasteiger charge is -2.58. The van der Waals surface area contributed by atoms with Crippen LogP contribution in [0.2, 0.25) is 0 Å². The van der Waals surface area contributed by atoms with Crippen molar-refractivity contribution >= 4 is 11.6 Å². The van der Waals surface area contributed by atoms with Gasteiger partial charge in [-0.3, -0.25) is 9.20 Å². The van der Waals surface area contributed by atoms with E-state index in [0.29, 0.717) is 5.56 Å². The van der Waals surface area contributed by atoms with Gasteiger partial charge in [-0.25, -0.2) is 0 Å². The number of rotatable bonds is 6. The number of pyridine rings is 1. The summed E-state index contributed by atoms with van der Waals surface area (Å²) in [4.78, 5) is 14.9. The average Bonchev–Trinajstić information content (AvgIpc) is 3.06. The second-order valence-electron chi connectivity index (χ2n) is 6.57. The molecule has 0 N–H and O–H groups in total. The molecule has 0 bridgehead atoms. The number of ether oxygens (including phenoxy) is 1. The van der Waals surface area contributed by atoms with Gasteiger partial charge in [0.15, 0.2) is 5.65 Å². The van der Waals surface area contributed by atoms with E-state index in [2.05, 4.69) is 24.0 Å². The maximum absolute atomic E-state index is 13.0. The van der Waals surface area contributed by atoms with Gasteiger partial charge in [0.05, 0.1) is 11.7 Å². The van der Waals surface area contributed by atoms with Gasteiger partial charge < -0.3 is 9.64 Å². The molecular weight excluding hydrogens is 304 g/mol. The predicted octanol–water partition coefficient (Wildman–Crippen LogP) is 2.79. The van der Waals surface area contributed by atoms with Crippen LogP contribution in [-0.2, 0) is 4.74 Å². The summed E-state index contributed by atoms with van der Waals surface area (Å²) in [5.74, 6) is 0.0387. The minimum absolute atomic E-state index is 0.0387. The highest BCUT2D eigenvalue weighted by molar-refractivity contribution is 5.94. The van der Waals surface area contributed by atoms with Crippen molar-refractivity contribution in [1.29, 1.82) is 0 Å². The number of carbonyl (C=O) groups excluding carboxylic acids is 1. The molecule has 6 heteroatoms. The van der Waals surface area contributed by atoms with E-state index >= 15 is 0 Å². The van der Waals surface area contributed by atoms with Crippen LogP contribution in [-0.4, -0.2) is 51.2 Å². The standard InChI is InChI=1S/C18H26N4O2/c1-5-18(6-2)14(10-15(18)24-7-3)21(4)17(23)13-8-9-16-20-19-12-22(16)11-13/h8-9,11-12,14-15H,5-7,10H2,1-4H3/t14-,15+/m1/s1. The Morgan fingerprint density at radius 3 is 2.79 bits per heavy atom. The van der Waals surface area contributed by atoms with Crippen LogP contribution in [0.1, 0.15) is 50.4 Å². The van der Waals surface area contributed by atoms with Crippen molar-refractivity contribution in [3.05, 3.63) is 30.2 Å². The highest BCUT2D eigenvalue weighted by Crippen LogP contribution is 2.51. The molecule has 130 valence electrons. The van der Waals surface area contributed by atoms with Gasteiger partial charge in [-0.05, 0) is 38.3 Å². The Hall–Kier alpha value is -1.95. The summed E-state index contributed by atoms with van der Waals surface area (Å²) in [6.45, 7) is 7.15. The highest BCUT2D eigenvalue weighted by atomic mass is 16.5. The first-order chi connectivity index (χ1) is 11.6. The molecule has 0 aromatic carbocycles. The van der Waals surface area contributed by atoms with E-state index in [9.17, 15) is 4.79 Å². The fraction of sp³-hybridized carbons (Fsp3) is 0.611. The first-order valence-corrected chi connectivity index (χ1v) is 8.75. The molecule has 2 aromatic rings. The summed E-state index contributed by atoms with van der Waals surface area (Å²) in [6.07, 6.45) is 6.60. The Bertz CT molecular complexity index is 723. The zero-order chi connectivity index (χ0) is 17.3. The van der Waals surface area contributed by atoms with Gasteiger partial charge in [0.1, 0.15) is 6.33 Å². The molecule has 0 saturated heterocycles. The monoisotopic (exact) mass is 330 g/mol. The molecular formula is C18H26N4O2. The zero-order valence-corrected chi connectivity index (χ0v) is 14.9. The molecule has 1 fully saturated rings. The molecule has 3 rings (SSSR count). The van der Waals surface area contributed by atoms with Crippen molar-refractivity contribution in [1.82, 2.24) is 19.5 Å². The molecule has 0 radical (unpaired) electrons. The van der Waals surface area contributed by atoms with Gasteiger partial charge >= 0.3 is 0 Å². The molecule has 6 nitrogen and oxygen atoms in total. The smallest absolute Gasteiger partial charge is 0.255 e. The summed E-state index contributed by atoms with van der Waals surface area (Å²) in [7, 11) is 1.91. The Morgan fingerprint density at radius 1 is 1.38 bits per heavy atom. The molecule has 1 saturated carbocycles. The van der Waals surface area contributed by atoms with Crippen LogP contribution >= 0.6 is 0 Å². The van der Waals surface area contributed by atoms with Crippen molar-refractivity contribution in [2.75, 3.05) is 13.7 Å². The quantitative estimate of drug-likeness (QED) is 0.817. The van der Waals surface area contributed by atoms with Gasteiger partial charge in [-0.15, -0.1) is 10.2 Å². The molecule has 0 aliphatic heterocycles. The van der Waals surface area contributed by atoms with Crippen molar-refractivity contribution in [2.45, 2.75) is 52.2 Å². The van der Waals surface area contributed by atoms with Crippen LogP contribution in [0.4, 0.5) is 0 Å². The van der Waals surface area contributed by atoms with E-state index in [4.69, 9.17) is 4.74 Å². The molecule has 0 unspecified atom stereocenters. The largest absolute Gasteiger partial charge is 0.378 e. The molecule has 1 amide bonds. The van der Waals surface area contributed by atoms with E-state index < -0.39 is 0 Å². The van der Waals surface area contributed by atoms with Crippen LogP contribution in [0.15, 0.2) is 24.7 Å². The molecule has 2 aromatic heterocycles. The fourth-order valence-electron chi connectivity index (χ4n) is 4.18. The third-order valence-corrected chi connectivity index (χ3v) is 5.75.